The van der Waals surface area contributed by atoms with Crippen molar-refractivity contribution < 1.29 is 35.9 Å². The zero-order chi connectivity index (χ0) is 30.6. The molecular weight excluding hydrogens is 601 g/mol. The summed E-state index contributed by atoms with van der Waals surface area (Å²) in [6.07, 6.45) is 2.45. The van der Waals surface area contributed by atoms with Gasteiger partial charge in [0.1, 0.15) is 24.4 Å². The van der Waals surface area contributed by atoms with Crippen LogP contribution in [0, 0.1) is 5.82 Å². The summed E-state index contributed by atoms with van der Waals surface area (Å²) in [7, 11) is -4.53. The van der Waals surface area contributed by atoms with E-state index in [-0.39, 0.29) is 17.7 Å². The van der Waals surface area contributed by atoms with Crippen molar-refractivity contribution >= 4 is 44.0 Å². The van der Waals surface area contributed by atoms with E-state index in [0.29, 0.717) is 54.8 Å². The number of anilines is 3. The molecule has 3 aliphatic heterocycles. The molecule has 3 aliphatic rings. The highest BCUT2D eigenvalue weighted by Gasteiger charge is 2.35. The Hall–Kier alpha value is -4.50. The van der Waals surface area contributed by atoms with Gasteiger partial charge in [-0.3, -0.25) is 9.78 Å². The van der Waals surface area contributed by atoms with Crippen LogP contribution in [0.25, 0.3) is 10.9 Å². The van der Waals surface area contributed by atoms with Crippen molar-refractivity contribution in [2.24, 2.45) is 0 Å². The van der Waals surface area contributed by atoms with E-state index < -0.39 is 51.3 Å². The zero-order valence-corrected chi connectivity index (χ0v) is 23.9. The van der Waals surface area contributed by atoms with Gasteiger partial charge in [-0.1, -0.05) is 0 Å². The monoisotopic (exact) mass is 626 g/mol. The molecule has 1 amide bonds. The summed E-state index contributed by atoms with van der Waals surface area (Å²) in [6, 6.07) is 9.10. The second kappa shape index (κ2) is 10.9. The highest BCUT2D eigenvalue weighted by atomic mass is 32.2. The van der Waals surface area contributed by atoms with Crippen molar-refractivity contribution in [1.82, 2.24) is 20.3 Å². The fourth-order valence-corrected chi connectivity index (χ4v) is 6.65. The first-order valence-electron chi connectivity index (χ1n) is 13.8. The molecule has 228 valence electrons. The number of sulfone groups is 1. The summed E-state index contributed by atoms with van der Waals surface area (Å²) in [6.45, 7) is 0.346. The van der Waals surface area contributed by atoms with Crippen LogP contribution in [0.5, 0.6) is 5.75 Å². The Morgan fingerprint density at radius 3 is 2.75 bits per heavy atom. The number of hydrogen-bond donors (Lipinski definition) is 1. The lowest BCUT2D eigenvalue weighted by Gasteiger charge is -2.37. The fraction of sp³-hybridized carbons (Fsp3) is 0.310. The topological polar surface area (TPSA) is 127 Å². The first-order chi connectivity index (χ1) is 21.2. The van der Waals surface area contributed by atoms with Gasteiger partial charge in [-0.15, -0.1) is 0 Å². The van der Waals surface area contributed by atoms with Gasteiger partial charge in [0, 0.05) is 28.8 Å². The molecule has 3 aromatic heterocycles. The van der Waals surface area contributed by atoms with Crippen LogP contribution < -0.4 is 19.9 Å². The van der Waals surface area contributed by atoms with E-state index in [1.165, 1.54) is 0 Å². The summed E-state index contributed by atoms with van der Waals surface area (Å²) in [5.74, 6) is 0.0454. The molecule has 1 saturated heterocycles. The molecule has 6 heterocycles. The number of carbonyl (C=O) groups excluding carboxylic acids is 1. The molecule has 0 saturated carbocycles. The fourth-order valence-electron chi connectivity index (χ4n) is 5.30. The Bertz CT molecular complexity index is 1910. The molecule has 0 bridgehead atoms. The number of alkyl halides is 2. The van der Waals surface area contributed by atoms with E-state index >= 15 is 0 Å². The van der Waals surface area contributed by atoms with Gasteiger partial charge in [0.25, 0.3) is 5.91 Å². The number of benzene rings is 1. The standard InChI is InChI=1S/C29H25F3N6O5S/c30-18-12-37(13-18)20-8-24-28(34-11-20)38(3-4-43-24)27-2-1-16-9-33-19(7-23(16)36-27)10-35-29(39)17-5-22(31)21-14-42-15-26(32)44(40,41)25(21)6-17/h1-2,5-9,11,18,26H,3-4,10,12-15H2,(H,35,39)/t26-/m1/s1. The molecule has 4 aromatic rings. The van der Waals surface area contributed by atoms with Gasteiger partial charge in [-0.25, -0.2) is 31.6 Å². The predicted octanol–water partition coefficient (Wildman–Crippen LogP) is 3.38. The zero-order valence-electron chi connectivity index (χ0n) is 23.0. The molecular formula is C29H25F3N6O5S. The summed E-state index contributed by atoms with van der Waals surface area (Å²) in [5.41, 5.74) is -1.13. The second-order valence-electron chi connectivity index (χ2n) is 10.6. The van der Waals surface area contributed by atoms with Gasteiger partial charge in [0.05, 0.1) is 67.4 Å². The summed E-state index contributed by atoms with van der Waals surface area (Å²) in [4.78, 5) is 29.8. The molecule has 44 heavy (non-hydrogen) atoms. The maximum atomic E-state index is 14.8. The molecule has 1 atom stereocenters. The smallest absolute Gasteiger partial charge is 0.251 e. The molecule has 0 radical (unpaired) electrons. The number of amides is 1. The number of ether oxygens (including phenoxy) is 2. The average Bonchev–Trinajstić information content (AvgIpc) is 3.12. The molecule has 11 nitrogen and oxygen atoms in total. The number of aromatic nitrogens is 3. The Labute approximate surface area is 249 Å². The van der Waals surface area contributed by atoms with Crippen LogP contribution in [0.15, 0.2) is 53.7 Å². The highest BCUT2D eigenvalue weighted by molar-refractivity contribution is 7.92. The van der Waals surface area contributed by atoms with Crippen LogP contribution >= 0.6 is 0 Å². The van der Waals surface area contributed by atoms with Crippen LogP contribution in [0.4, 0.5) is 30.5 Å². The average molecular weight is 627 g/mol. The predicted molar refractivity (Wildman–Crippen MR) is 153 cm³/mol. The van der Waals surface area contributed by atoms with Crippen molar-refractivity contribution in [1.29, 1.82) is 0 Å². The lowest BCUT2D eigenvalue weighted by molar-refractivity contribution is 0.0938. The Balaban J connectivity index is 1.10. The Kier molecular flexibility index (Phi) is 7.00. The Morgan fingerprint density at radius 1 is 1.09 bits per heavy atom. The minimum absolute atomic E-state index is 0.0675. The number of carbonyl (C=O) groups is 1. The number of pyridine rings is 3. The lowest BCUT2D eigenvalue weighted by atomic mass is 10.1. The van der Waals surface area contributed by atoms with Gasteiger partial charge in [-0.05, 0) is 30.3 Å². The van der Waals surface area contributed by atoms with Gasteiger partial charge >= 0.3 is 0 Å². The molecule has 1 aromatic carbocycles. The van der Waals surface area contributed by atoms with Crippen LogP contribution in [0.3, 0.4) is 0 Å². The summed E-state index contributed by atoms with van der Waals surface area (Å²) < 4.78 is 78.1. The minimum atomic E-state index is -4.53. The van der Waals surface area contributed by atoms with Crippen molar-refractivity contribution in [3.05, 3.63) is 71.4 Å². The molecule has 0 aliphatic carbocycles. The second-order valence-corrected chi connectivity index (χ2v) is 12.7. The van der Waals surface area contributed by atoms with Crippen molar-refractivity contribution in [2.75, 3.05) is 42.6 Å². The van der Waals surface area contributed by atoms with Gasteiger partial charge in [0.15, 0.2) is 11.6 Å². The third kappa shape index (κ3) is 5.05. The normalized spacial score (nSPS) is 19.4. The van der Waals surface area contributed by atoms with E-state index in [2.05, 4.69) is 15.3 Å². The quantitative estimate of drug-likeness (QED) is 0.352. The number of nitrogens with zero attached hydrogens (tertiary/aromatic N) is 5. The maximum Gasteiger partial charge on any atom is 0.251 e. The van der Waals surface area contributed by atoms with Gasteiger partial charge < -0.3 is 24.6 Å². The van der Waals surface area contributed by atoms with Crippen LogP contribution in [0.2, 0.25) is 0 Å². The first kappa shape index (κ1) is 28.3. The number of halogens is 3. The largest absolute Gasteiger partial charge is 0.488 e. The van der Waals surface area contributed by atoms with E-state index in [9.17, 15) is 26.4 Å². The number of nitrogens with one attached hydrogen (secondary N) is 1. The molecule has 1 fully saturated rings. The van der Waals surface area contributed by atoms with Gasteiger partial charge in [0.2, 0.25) is 15.3 Å². The van der Waals surface area contributed by atoms with Crippen molar-refractivity contribution in [3.8, 4) is 5.75 Å². The summed E-state index contributed by atoms with van der Waals surface area (Å²) in [5, 5.41) is 3.36. The SMILES string of the molecule is O=C(NCc1cc2nc(N3CCOc4cc(N5CC(F)C5)cnc43)ccc2cn1)c1cc(F)c2c(c1)S(=O)(=O)[C@@H](F)COC2. The van der Waals surface area contributed by atoms with E-state index in [1.807, 2.05) is 28.0 Å². The van der Waals surface area contributed by atoms with Crippen LogP contribution in [0.1, 0.15) is 21.6 Å². The van der Waals surface area contributed by atoms with E-state index in [0.717, 1.165) is 23.2 Å². The number of hydrogen-bond acceptors (Lipinski definition) is 10. The Morgan fingerprint density at radius 2 is 1.93 bits per heavy atom. The van der Waals surface area contributed by atoms with Crippen LogP contribution in [-0.2, 0) is 27.7 Å². The third-order valence-electron chi connectivity index (χ3n) is 7.73. The molecule has 7 rings (SSSR count). The number of fused-ring (bicyclic) bond motifs is 3. The first-order valence-corrected chi connectivity index (χ1v) is 15.3. The van der Waals surface area contributed by atoms with E-state index in [1.54, 1.807) is 18.5 Å². The van der Waals surface area contributed by atoms with Crippen LogP contribution in [-0.4, -0.2) is 73.8 Å². The molecule has 1 N–H and O–H groups in total. The summed E-state index contributed by atoms with van der Waals surface area (Å²) >= 11 is 0. The molecule has 15 heteroatoms. The maximum absolute atomic E-state index is 14.8. The highest BCUT2D eigenvalue weighted by Crippen LogP contribution is 2.38. The minimum Gasteiger partial charge on any atom is -0.488 e. The van der Waals surface area contributed by atoms with Crippen molar-refractivity contribution in [3.63, 3.8) is 0 Å². The van der Waals surface area contributed by atoms with Crippen molar-refractivity contribution in [2.45, 2.75) is 29.7 Å². The van der Waals surface area contributed by atoms with Gasteiger partial charge in [-0.2, -0.15) is 0 Å². The number of rotatable bonds is 5. The molecule has 0 unspecified atom stereocenters. The third-order valence-corrected chi connectivity index (χ3v) is 9.51. The van der Waals surface area contributed by atoms with E-state index in [4.69, 9.17) is 14.5 Å². The lowest BCUT2D eigenvalue weighted by Crippen LogP contribution is -2.48. The molecule has 0 spiro atoms.